The predicted molar refractivity (Wildman–Crippen MR) is 127 cm³/mol. The van der Waals surface area contributed by atoms with E-state index in [0.29, 0.717) is 12.1 Å². The molecule has 0 bridgehead atoms. The molecule has 1 aliphatic rings. The second kappa shape index (κ2) is 10.8. The average Bonchev–Trinajstić information content (AvgIpc) is 2.84. The van der Waals surface area contributed by atoms with Crippen LogP contribution in [0.3, 0.4) is 0 Å². The van der Waals surface area contributed by atoms with Crippen molar-refractivity contribution in [2.75, 3.05) is 20.1 Å². The number of benzene rings is 2. The lowest BCUT2D eigenvalue weighted by molar-refractivity contribution is -0.384. The van der Waals surface area contributed by atoms with Crippen molar-refractivity contribution in [3.05, 3.63) is 81.0 Å². The van der Waals surface area contributed by atoms with E-state index >= 15 is 0 Å². The lowest BCUT2D eigenvalue weighted by Crippen LogP contribution is -2.49. The Kier molecular flexibility index (Phi) is 8.12. The Morgan fingerprint density at radius 3 is 2.39 bits per heavy atom. The largest absolute Gasteiger partial charge is 0.478 e. The highest BCUT2D eigenvalue weighted by Gasteiger charge is 2.38. The highest BCUT2D eigenvalue weighted by molar-refractivity contribution is 7.89. The van der Waals surface area contributed by atoms with Crippen LogP contribution in [-0.2, 0) is 21.0 Å². The van der Waals surface area contributed by atoms with Gasteiger partial charge in [0.15, 0.2) is 0 Å². The quantitative estimate of drug-likeness (QED) is 0.353. The monoisotopic (exact) mass is 556 g/mol. The molecule has 2 aromatic carbocycles. The van der Waals surface area contributed by atoms with Gasteiger partial charge in [-0.1, -0.05) is 12.1 Å². The SMILES string of the molecule is CC1=C(C(=O)O)C(c2cccc([N+](=O)[O-])c2)N(CCCN(C)S(=O)(=O)c2ccc(C(F)(F)F)cc2)C(=O)N1. The van der Waals surface area contributed by atoms with Gasteiger partial charge in [0.05, 0.1) is 27.0 Å². The van der Waals surface area contributed by atoms with Gasteiger partial charge in [0.25, 0.3) is 5.69 Å². The van der Waals surface area contributed by atoms with Crippen molar-refractivity contribution in [2.24, 2.45) is 0 Å². The highest BCUT2D eigenvalue weighted by atomic mass is 32.2. The van der Waals surface area contributed by atoms with Crippen LogP contribution in [0.25, 0.3) is 0 Å². The number of non-ortho nitro benzene ring substituents is 1. The number of aliphatic carboxylic acids is 1. The third-order valence-electron chi connectivity index (χ3n) is 5.93. The number of nitro benzene ring substituents is 1. The van der Waals surface area contributed by atoms with E-state index in [-0.39, 0.29) is 46.9 Å². The van der Waals surface area contributed by atoms with E-state index in [0.717, 1.165) is 27.4 Å². The standard InChI is InChI=1S/C23H23F3N4O7S/c1-14-19(21(31)32)20(15-5-3-6-17(13-15)30(34)35)29(22(33)27-14)12-4-11-28(2)38(36,37)18-9-7-16(8-10-18)23(24,25)26/h3,5-10,13,20H,4,11-12H2,1-2H3,(H,27,33)(H,31,32). The third kappa shape index (κ3) is 5.94. The number of carbonyl (C=O) groups excluding carboxylic acids is 1. The number of allylic oxidation sites excluding steroid dienone is 1. The van der Waals surface area contributed by atoms with Gasteiger partial charge < -0.3 is 15.3 Å². The summed E-state index contributed by atoms with van der Waals surface area (Å²) in [5, 5.41) is 23.5. The number of nitrogens with zero attached hydrogens (tertiary/aromatic N) is 3. The molecule has 11 nitrogen and oxygen atoms in total. The number of rotatable bonds is 9. The van der Waals surface area contributed by atoms with E-state index in [2.05, 4.69) is 5.32 Å². The smallest absolute Gasteiger partial charge is 0.416 e. The number of alkyl halides is 3. The minimum Gasteiger partial charge on any atom is -0.478 e. The molecule has 1 atom stereocenters. The highest BCUT2D eigenvalue weighted by Crippen LogP contribution is 2.35. The van der Waals surface area contributed by atoms with Gasteiger partial charge in [-0.3, -0.25) is 10.1 Å². The van der Waals surface area contributed by atoms with Crippen LogP contribution in [0.4, 0.5) is 23.7 Å². The Balaban J connectivity index is 1.83. The Labute approximate surface area is 215 Å². The zero-order valence-electron chi connectivity index (χ0n) is 20.1. The summed E-state index contributed by atoms with van der Waals surface area (Å²) in [6.07, 6.45) is -4.61. The van der Waals surface area contributed by atoms with Gasteiger partial charge in [-0.15, -0.1) is 0 Å². The molecule has 1 unspecified atom stereocenters. The molecule has 15 heteroatoms. The number of hydrogen-bond donors (Lipinski definition) is 2. The summed E-state index contributed by atoms with van der Waals surface area (Å²) in [5.74, 6) is -1.36. The zero-order chi connectivity index (χ0) is 28.4. The maximum absolute atomic E-state index is 12.8. The van der Waals surface area contributed by atoms with Gasteiger partial charge in [0.2, 0.25) is 10.0 Å². The van der Waals surface area contributed by atoms with Gasteiger partial charge in [0.1, 0.15) is 0 Å². The fraction of sp³-hybridized carbons (Fsp3) is 0.304. The molecule has 0 fully saturated rings. The van der Waals surface area contributed by atoms with Crippen LogP contribution in [-0.4, -0.2) is 59.8 Å². The molecule has 2 N–H and O–H groups in total. The van der Waals surface area contributed by atoms with Crippen LogP contribution in [0.5, 0.6) is 0 Å². The number of hydrogen-bond acceptors (Lipinski definition) is 6. The first kappa shape index (κ1) is 28.6. The number of carboxylic acid groups (broad SMARTS) is 1. The minimum absolute atomic E-state index is 0.0150. The van der Waals surface area contributed by atoms with Gasteiger partial charge in [-0.25, -0.2) is 22.3 Å². The van der Waals surface area contributed by atoms with E-state index < -0.39 is 44.7 Å². The predicted octanol–water partition coefficient (Wildman–Crippen LogP) is 3.75. The number of carboxylic acids is 1. The molecule has 1 aliphatic heterocycles. The van der Waals surface area contributed by atoms with Crippen LogP contribution in [0, 0.1) is 10.1 Å². The Morgan fingerprint density at radius 1 is 1.21 bits per heavy atom. The van der Waals surface area contributed by atoms with E-state index in [1.807, 2.05) is 0 Å². The molecule has 38 heavy (non-hydrogen) atoms. The summed E-state index contributed by atoms with van der Waals surface area (Å²) in [7, 11) is -2.95. The Morgan fingerprint density at radius 2 is 1.84 bits per heavy atom. The zero-order valence-corrected chi connectivity index (χ0v) is 20.9. The molecule has 0 radical (unpaired) electrons. The van der Waals surface area contributed by atoms with E-state index in [1.54, 1.807) is 0 Å². The third-order valence-corrected chi connectivity index (χ3v) is 7.80. The number of amides is 2. The summed E-state index contributed by atoms with van der Waals surface area (Å²) < 4.78 is 64.9. The molecule has 1 heterocycles. The summed E-state index contributed by atoms with van der Waals surface area (Å²) in [6.45, 7) is 1.07. The van der Waals surface area contributed by atoms with E-state index in [4.69, 9.17) is 0 Å². The molecule has 0 spiro atoms. The molecule has 0 saturated carbocycles. The molecule has 2 amide bonds. The molecule has 204 valence electrons. The maximum Gasteiger partial charge on any atom is 0.416 e. The normalized spacial score (nSPS) is 16.5. The average molecular weight is 557 g/mol. The molecule has 0 aromatic heterocycles. The van der Waals surface area contributed by atoms with Gasteiger partial charge in [-0.2, -0.15) is 13.2 Å². The van der Waals surface area contributed by atoms with Crippen molar-refractivity contribution in [1.29, 1.82) is 0 Å². The number of urea groups is 1. The first-order chi connectivity index (χ1) is 17.6. The minimum atomic E-state index is -4.62. The summed E-state index contributed by atoms with van der Waals surface area (Å²) >= 11 is 0. The molecule has 3 rings (SSSR count). The summed E-state index contributed by atoms with van der Waals surface area (Å²) in [4.78, 5) is 36.2. The number of carbonyl (C=O) groups is 2. The number of nitrogens with one attached hydrogen (secondary N) is 1. The van der Waals surface area contributed by atoms with Crippen molar-refractivity contribution in [3.63, 3.8) is 0 Å². The Hall–Kier alpha value is -3.98. The number of nitro groups is 1. The van der Waals surface area contributed by atoms with Crippen molar-refractivity contribution >= 4 is 27.7 Å². The van der Waals surface area contributed by atoms with Crippen LogP contribution < -0.4 is 5.32 Å². The fourth-order valence-electron chi connectivity index (χ4n) is 4.02. The summed E-state index contributed by atoms with van der Waals surface area (Å²) in [5.41, 5.74) is -1.29. The van der Waals surface area contributed by atoms with Gasteiger partial charge in [0, 0.05) is 38.0 Å². The van der Waals surface area contributed by atoms with Crippen LogP contribution >= 0.6 is 0 Å². The van der Waals surface area contributed by atoms with Gasteiger partial charge in [-0.05, 0) is 43.2 Å². The van der Waals surface area contributed by atoms with E-state index in [1.165, 1.54) is 32.2 Å². The molecule has 0 aliphatic carbocycles. The fourth-order valence-corrected chi connectivity index (χ4v) is 5.23. The molecule has 0 saturated heterocycles. The van der Waals surface area contributed by atoms with Crippen LogP contribution in [0.1, 0.15) is 30.5 Å². The van der Waals surface area contributed by atoms with Crippen LogP contribution in [0.2, 0.25) is 0 Å². The van der Waals surface area contributed by atoms with Crippen molar-refractivity contribution in [3.8, 4) is 0 Å². The Bertz CT molecular complexity index is 1390. The second-order valence-electron chi connectivity index (χ2n) is 8.42. The lowest BCUT2D eigenvalue weighted by Gasteiger charge is -2.37. The number of halogens is 3. The van der Waals surface area contributed by atoms with Crippen molar-refractivity contribution < 1.29 is 41.2 Å². The second-order valence-corrected chi connectivity index (χ2v) is 10.5. The van der Waals surface area contributed by atoms with E-state index in [9.17, 15) is 46.4 Å². The number of sulfonamides is 1. The first-order valence-electron chi connectivity index (χ1n) is 11.0. The van der Waals surface area contributed by atoms with Crippen molar-refractivity contribution in [2.45, 2.75) is 30.5 Å². The maximum atomic E-state index is 12.8. The topological polar surface area (TPSA) is 150 Å². The lowest BCUT2D eigenvalue weighted by atomic mass is 9.93. The first-order valence-corrected chi connectivity index (χ1v) is 12.5. The summed E-state index contributed by atoms with van der Waals surface area (Å²) in [6, 6.07) is 6.31. The molecular formula is C23H23F3N4O7S. The van der Waals surface area contributed by atoms with Crippen LogP contribution in [0.15, 0.2) is 64.7 Å². The molecular weight excluding hydrogens is 533 g/mol. The van der Waals surface area contributed by atoms with Crippen molar-refractivity contribution in [1.82, 2.24) is 14.5 Å². The van der Waals surface area contributed by atoms with Gasteiger partial charge >= 0.3 is 18.2 Å². The molecule has 2 aromatic rings.